The molecule has 1 aliphatic heterocycles. The molecule has 1 heterocycles. The summed E-state index contributed by atoms with van der Waals surface area (Å²) < 4.78 is 0. The molecule has 1 fully saturated rings. The van der Waals surface area contributed by atoms with Crippen molar-refractivity contribution in [1.29, 1.82) is 0 Å². The average molecular weight is 277 g/mol. The van der Waals surface area contributed by atoms with E-state index in [9.17, 15) is 14.9 Å². The molecular weight excluding hydrogens is 258 g/mol. The predicted molar refractivity (Wildman–Crippen MR) is 75.5 cm³/mol. The van der Waals surface area contributed by atoms with Crippen molar-refractivity contribution in [3.05, 3.63) is 39.9 Å². The van der Waals surface area contributed by atoms with Crippen molar-refractivity contribution < 1.29 is 9.72 Å². The van der Waals surface area contributed by atoms with Crippen LogP contribution in [-0.4, -0.2) is 41.9 Å². The second-order valence-corrected chi connectivity index (χ2v) is 5.04. The minimum atomic E-state index is -0.435. The van der Waals surface area contributed by atoms with Gasteiger partial charge in [-0.15, -0.1) is 0 Å². The molecule has 6 heteroatoms. The number of carbonyl (C=O) groups is 1. The first-order valence-electron chi connectivity index (χ1n) is 6.79. The van der Waals surface area contributed by atoms with E-state index in [0.717, 1.165) is 31.5 Å². The highest BCUT2D eigenvalue weighted by Gasteiger charge is 2.27. The summed E-state index contributed by atoms with van der Waals surface area (Å²) in [5.74, 6) is 0.0941. The third-order valence-corrected chi connectivity index (χ3v) is 3.64. The van der Waals surface area contributed by atoms with Gasteiger partial charge in [0.15, 0.2) is 0 Å². The number of nitrogens with zero attached hydrogens (tertiary/aromatic N) is 2. The second-order valence-electron chi connectivity index (χ2n) is 5.04. The van der Waals surface area contributed by atoms with Crippen LogP contribution in [0.25, 0.3) is 0 Å². The molecule has 6 nitrogen and oxygen atoms in total. The molecule has 108 valence electrons. The van der Waals surface area contributed by atoms with E-state index in [-0.39, 0.29) is 17.6 Å². The lowest BCUT2D eigenvalue weighted by molar-refractivity contribution is -0.384. The van der Waals surface area contributed by atoms with Gasteiger partial charge in [0.25, 0.3) is 5.69 Å². The summed E-state index contributed by atoms with van der Waals surface area (Å²) in [7, 11) is 1.89. The first-order valence-corrected chi connectivity index (χ1v) is 6.79. The zero-order valence-corrected chi connectivity index (χ0v) is 11.5. The highest BCUT2D eigenvalue weighted by atomic mass is 16.6. The van der Waals surface area contributed by atoms with Gasteiger partial charge in [-0.3, -0.25) is 14.9 Å². The van der Waals surface area contributed by atoms with E-state index in [1.54, 1.807) is 12.1 Å². The Morgan fingerprint density at radius 3 is 2.75 bits per heavy atom. The summed E-state index contributed by atoms with van der Waals surface area (Å²) in [6.07, 6.45) is 2.38. The number of amides is 1. The predicted octanol–water partition coefficient (Wildman–Crippen LogP) is 1.35. The zero-order chi connectivity index (χ0) is 14.5. The van der Waals surface area contributed by atoms with Gasteiger partial charge in [-0.25, -0.2) is 0 Å². The van der Waals surface area contributed by atoms with Crippen LogP contribution in [-0.2, 0) is 11.2 Å². The van der Waals surface area contributed by atoms with Crippen molar-refractivity contribution in [2.75, 3.05) is 20.1 Å². The quantitative estimate of drug-likeness (QED) is 0.651. The number of nitrogens with one attached hydrogen (secondary N) is 1. The van der Waals surface area contributed by atoms with Crippen LogP contribution in [0.15, 0.2) is 24.3 Å². The first kappa shape index (κ1) is 14.5. The molecule has 0 spiro atoms. The molecule has 1 aromatic rings. The summed E-state index contributed by atoms with van der Waals surface area (Å²) in [4.78, 5) is 24.3. The van der Waals surface area contributed by atoms with Gasteiger partial charge in [0, 0.05) is 31.3 Å². The van der Waals surface area contributed by atoms with Gasteiger partial charge in [-0.1, -0.05) is 12.1 Å². The second kappa shape index (κ2) is 6.47. The van der Waals surface area contributed by atoms with Crippen molar-refractivity contribution in [2.24, 2.45) is 0 Å². The lowest BCUT2D eigenvalue weighted by Gasteiger charge is -2.24. The van der Waals surface area contributed by atoms with Crippen LogP contribution in [0, 0.1) is 10.1 Å². The molecule has 1 unspecified atom stereocenters. The molecule has 0 aliphatic carbocycles. The van der Waals surface area contributed by atoms with Crippen molar-refractivity contribution in [1.82, 2.24) is 10.2 Å². The smallest absolute Gasteiger partial charge is 0.269 e. The number of nitro benzene ring substituents is 1. The highest BCUT2D eigenvalue weighted by molar-refractivity contribution is 5.79. The minimum absolute atomic E-state index is 0.0513. The molecule has 0 bridgehead atoms. The van der Waals surface area contributed by atoms with E-state index >= 15 is 0 Å². The van der Waals surface area contributed by atoms with E-state index < -0.39 is 4.92 Å². The summed E-state index contributed by atoms with van der Waals surface area (Å²) in [5.41, 5.74) is 0.867. The van der Waals surface area contributed by atoms with E-state index in [1.165, 1.54) is 12.1 Å². The molecule has 1 amide bonds. The van der Waals surface area contributed by atoms with Crippen molar-refractivity contribution >= 4 is 11.6 Å². The summed E-state index contributed by atoms with van der Waals surface area (Å²) >= 11 is 0. The minimum Gasteiger partial charge on any atom is -0.338 e. The summed E-state index contributed by atoms with van der Waals surface area (Å²) in [6, 6.07) is 6.46. The molecule has 0 radical (unpaired) electrons. The van der Waals surface area contributed by atoms with Crippen LogP contribution in [0.3, 0.4) is 0 Å². The van der Waals surface area contributed by atoms with Crippen LogP contribution in [0.2, 0.25) is 0 Å². The molecule has 1 atom stereocenters. The molecule has 1 saturated heterocycles. The van der Waals surface area contributed by atoms with Gasteiger partial charge in [0.05, 0.1) is 11.3 Å². The number of non-ortho nitro benzene ring substituents is 1. The largest absolute Gasteiger partial charge is 0.338 e. The van der Waals surface area contributed by atoms with Crippen LogP contribution in [0.5, 0.6) is 0 Å². The van der Waals surface area contributed by atoms with Gasteiger partial charge < -0.3 is 10.2 Å². The Labute approximate surface area is 117 Å². The van der Waals surface area contributed by atoms with Gasteiger partial charge in [-0.2, -0.15) is 0 Å². The maximum atomic E-state index is 12.3. The lowest BCUT2D eigenvalue weighted by Crippen LogP contribution is -2.41. The lowest BCUT2D eigenvalue weighted by atomic mass is 10.1. The van der Waals surface area contributed by atoms with Gasteiger partial charge >= 0.3 is 0 Å². The molecule has 0 aromatic heterocycles. The van der Waals surface area contributed by atoms with Gasteiger partial charge in [0.2, 0.25) is 5.91 Å². The van der Waals surface area contributed by atoms with E-state index in [0.29, 0.717) is 6.42 Å². The van der Waals surface area contributed by atoms with Gasteiger partial charge in [0.1, 0.15) is 0 Å². The highest BCUT2D eigenvalue weighted by Crippen LogP contribution is 2.19. The van der Waals surface area contributed by atoms with E-state index in [2.05, 4.69) is 5.32 Å². The molecule has 20 heavy (non-hydrogen) atoms. The number of benzene rings is 1. The van der Waals surface area contributed by atoms with Crippen molar-refractivity contribution in [3.63, 3.8) is 0 Å². The SMILES string of the molecule is CNCC1CCCN1C(=O)Cc1ccc([N+](=O)[O-])cc1. The normalized spacial score (nSPS) is 18.2. The standard InChI is InChI=1S/C14H19N3O3/c1-15-10-13-3-2-8-16(13)14(18)9-11-4-6-12(7-5-11)17(19)20/h4-7,13,15H,2-3,8-10H2,1H3. The average Bonchev–Trinajstić information content (AvgIpc) is 2.88. The number of likely N-dealkylation sites (tertiary alicyclic amines) is 1. The number of hydrogen-bond donors (Lipinski definition) is 1. The first-order chi connectivity index (χ1) is 9.61. The Hall–Kier alpha value is -1.95. The number of likely N-dealkylation sites (N-methyl/N-ethyl adjacent to an activating group) is 1. The fourth-order valence-electron chi connectivity index (χ4n) is 2.62. The molecule has 1 aromatic carbocycles. The molecule has 0 saturated carbocycles. The van der Waals surface area contributed by atoms with Gasteiger partial charge in [-0.05, 0) is 25.5 Å². The van der Waals surface area contributed by atoms with E-state index in [1.807, 2.05) is 11.9 Å². The van der Waals surface area contributed by atoms with Crippen molar-refractivity contribution in [2.45, 2.75) is 25.3 Å². The molecular formula is C14H19N3O3. The number of hydrogen-bond acceptors (Lipinski definition) is 4. The molecule has 2 rings (SSSR count). The van der Waals surface area contributed by atoms with E-state index in [4.69, 9.17) is 0 Å². The third-order valence-electron chi connectivity index (χ3n) is 3.64. The summed E-state index contributed by atoms with van der Waals surface area (Å²) in [5, 5.41) is 13.7. The monoisotopic (exact) mass is 277 g/mol. The fraction of sp³-hybridized carbons (Fsp3) is 0.500. The fourth-order valence-corrected chi connectivity index (χ4v) is 2.62. The Kier molecular flexibility index (Phi) is 4.68. The Morgan fingerprint density at radius 1 is 1.45 bits per heavy atom. The maximum absolute atomic E-state index is 12.3. The Bertz CT molecular complexity index is 487. The Balaban J connectivity index is 1.98. The van der Waals surface area contributed by atoms with Crippen LogP contribution >= 0.6 is 0 Å². The maximum Gasteiger partial charge on any atom is 0.269 e. The number of rotatable bonds is 5. The van der Waals surface area contributed by atoms with Crippen LogP contribution in [0.4, 0.5) is 5.69 Å². The van der Waals surface area contributed by atoms with Crippen molar-refractivity contribution in [3.8, 4) is 0 Å². The van der Waals surface area contributed by atoms with Crippen LogP contribution in [0.1, 0.15) is 18.4 Å². The summed E-state index contributed by atoms with van der Waals surface area (Å²) in [6.45, 7) is 1.62. The zero-order valence-electron chi connectivity index (χ0n) is 11.5. The van der Waals surface area contributed by atoms with Crippen LogP contribution < -0.4 is 5.32 Å². The topological polar surface area (TPSA) is 75.5 Å². The molecule has 1 N–H and O–H groups in total. The number of nitro groups is 1. The third kappa shape index (κ3) is 3.33. The molecule has 1 aliphatic rings. The Morgan fingerprint density at radius 2 is 2.15 bits per heavy atom. The number of carbonyl (C=O) groups excluding carboxylic acids is 1.